The van der Waals surface area contributed by atoms with Gasteiger partial charge < -0.3 is 24.8 Å². The molecule has 5 nitrogen and oxygen atoms in total. The molecule has 0 bridgehead atoms. The second-order valence-corrected chi connectivity index (χ2v) is 7.99. The van der Waals surface area contributed by atoms with Crippen LogP contribution in [0.25, 0.3) is 6.08 Å². The number of fused-ring (bicyclic) bond motifs is 1. The van der Waals surface area contributed by atoms with Crippen molar-refractivity contribution in [3.05, 3.63) is 95.3 Å². The van der Waals surface area contributed by atoms with Crippen molar-refractivity contribution in [1.82, 2.24) is 5.32 Å². The Morgan fingerprint density at radius 2 is 1.79 bits per heavy atom. The van der Waals surface area contributed by atoms with Crippen LogP contribution in [0.2, 0.25) is 0 Å². The molecule has 3 aromatic rings. The molecule has 0 radical (unpaired) electrons. The first kappa shape index (κ1) is 23.0. The monoisotopic (exact) mass is 448 g/mol. The summed E-state index contributed by atoms with van der Waals surface area (Å²) in [5.74, 6) is 1.30. The summed E-state index contributed by atoms with van der Waals surface area (Å²) in [6.07, 6.45) is 2.80. The third kappa shape index (κ3) is 6.65. The highest BCUT2D eigenvalue weighted by atomic mass is 19.1. The van der Waals surface area contributed by atoms with Crippen molar-refractivity contribution < 1.29 is 19.0 Å². The fraction of sp³-hybridized carbons (Fsp3) is 0.259. The quantitative estimate of drug-likeness (QED) is 0.484. The summed E-state index contributed by atoms with van der Waals surface area (Å²) in [6.45, 7) is 3.06. The van der Waals surface area contributed by atoms with Crippen molar-refractivity contribution >= 4 is 11.8 Å². The highest BCUT2D eigenvalue weighted by Crippen LogP contribution is 2.32. The molecule has 0 fully saturated rings. The molecule has 0 saturated carbocycles. The summed E-state index contributed by atoms with van der Waals surface area (Å²) in [4.78, 5) is 2.13. The zero-order valence-electron chi connectivity index (χ0n) is 18.5. The molecule has 2 N–H and O–H groups in total. The van der Waals surface area contributed by atoms with Crippen molar-refractivity contribution in [3.63, 3.8) is 0 Å². The molecule has 4 rings (SSSR count). The van der Waals surface area contributed by atoms with E-state index >= 15 is 0 Å². The van der Waals surface area contributed by atoms with Crippen LogP contribution < -0.4 is 15.0 Å². The maximum atomic E-state index is 13.1. The Bertz CT molecular complexity index is 1050. The van der Waals surface area contributed by atoms with Crippen molar-refractivity contribution in [3.8, 4) is 11.5 Å². The van der Waals surface area contributed by atoms with Crippen molar-refractivity contribution in [2.45, 2.75) is 13.0 Å². The zero-order chi connectivity index (χ0) is 22.9. The van der Waals surface area contributed by atoms with Gasteiger partial charge in [-0.05, 0) is 59.5 Å². The predicted molar refractivity (Wildman–Crippen MR) is 129 cm³/mol. The largest absolute Gasteiger partial charge is 0.457 e. The van der Waals surface area contributed by atoms with Crippen LogP contribution in [0.4, 0.5) is 10.1 Å². The van der Waals surface area contributed by atoms with Gasteiger partial charge in [0.1, 0.15) is 24.0 Å². The van der Waals surface area contributed by atoms with Gasteiger partial charge in [-0.2, -0.15) is 0 Å². The molecule has 1 aliphatic rings. The summed E-state index contributed by atoms with van der Waals surface area (Å²) < 4.78 is 25.1. The van der Waals surface area contributed by atoms with Crippen LogP contribution in [0.15, 0.2) is 78.4 Å². The minimum Gasteiger partial charge on any atom is -0.457 e. The van der Waals surface area contributed by atoms with Gasteiger partial charge in [0.2, 0.25) is 0 Å². The van der Waals surface area contributed by atoms with Crippen LogP contribution in [-0.2, 0) is 11.3 Å². The summed E-state index contributed by atoms with van der Waals surface area (Å²) in [6, 6.07) is 22.3. The number of nitrogens with zero attached hydrogens (tertiary/aromatic N) is 1. The average molecular weight is 449 g/mol. The van der Waals surface area contributed by atoms with Gasteiger partial charge in [0.15, 0.2) is 0 Å². The van der Waals surface area contributed by atoms with Crippen molar-refractivity contribution in [1.29, 1.82) is 0 Å². The van der Waals surface area contributed by atoms with E-state index in [2.05, 4.69) is 22.4 Å². The van der Waals surface area contributed by atoms with Crippen LogP contribution in [0.3, 0.4) is 0 Å². The minimum atomic E-state index is -0.229. The lowest BCUT2D eigenvalue weighted by Crippen LogP contribution is -2.31. The summed E-state index contributed by atoms with van der Waals surface area (Å²) in [5.41, 5.74) is 4.24. The van der Waals surface area contributed by atoms with E-state index in [0.29, 0.717) is 39.4 Å². The van der Waals surface area contributed by atoms with Gasteiger partial charge >= 0.3 is 0 Å². The molecule has 6 heteroatoms. The van der Waals surface area contributed by atoms with Crippen LogP contribution in [0, 0.1) is 5.82 Å². The normalized spacial score (nSPS) is 15.2. The van der Waals surface area contributed by atoms with E-state index in [1.807, 2.05) is 42.5 Å². The van der Waals surface area contributed by atoms with Gasteiger partial charge in [0.25, 0.3) is 0 Å². The molecular formula is C27H29FN2O3. The zero-order valence-corrected chi connectivity index (χ0v) is 18.5. The van der Waals surface area contributed by atoms with E-state index < -0.39 is 0 Å². The lowest BCUT2D eigenvalue weighted by atomic mass is 10.1. The number of para-hydroxylation sites is 1. The van der Waals surface area contributed by atoms with E-state index in [0.717, 1.165) is 33.9 Å². The lowest BCUT2D eigenvalue weighted by Gasteiger charge is -2.29. The van der Waals surface area contributed by atoms with Crippen LogP contribution in [0.5, 0.6) is 11.5 Å². The number of anilines is 1. The Hall–Kier alpha value is -3.19. The smallest absolute Gasteiger partial charge is 0.129 e. The Balaban J connectivity index is 1.52. The predicted octanol–water partition coefficient (Wildman–Crippen LogP) is 4.97. The molecule has 1 aliphatic heterocycles. The molecule has 0 unspecified atom stereocenters. The average Bonchev–Trinajstić information content (AvgIpc) is 2.82. The van der Waals surface area contributed by atoms with E-state index in [1.54, 1.807) is 12.1 Å². The maximum Gasteiger partial charge on any atom is 0.129 e. The number of benzene rings is 3. The molecule has 0 aliphatic carbocycles. The van der Waals surface area contributed by atoms with E-state index in [-0.39, 0.29) is 12.4 Å². The summed E-state index contributed by atoms with van der Waals surface area (Å²) in [5, 5.41) is 12.8. The van der Waals surface area contributed by atoms with Gasteiger partial charge in [0.05, 0.1) is 6.61 Å². The molecule has 3 aromatic carbocycles. The molecule has 0 spiro atoms. The number of halogens is 1. The molecule has 0 atom stereocenters. The van der Waals surface area contributed by atoms with Crippen LogP contribution in [-0.4, -0.2) is 38.1 Å². The van der Waals surface area contributed by atoms with E-state index in [1.165, 1.54) is 12.1 Å². The summed E-state index contributed by atoms with van der Waals surface area (Å²) in [7, 11) is 0. The minimum absolute atomic E-state index is 0.125. The Morgan fingerprint density at radius 1 is 0.970 bits per heavy atom. The highest BCUT2D eigenvalue weighted by molar-refractivity contribution is 5.71. The van der Waals surface area contributed by atoms with Gasteiger partial charge in [-0.25, -0.2) is 4.39 Å². The number of hydrogen-bond acceptors (Lipinski definition) is 5. The Kier molecular flexibility index (Phi) is 8.09. The van der Waals surface area contributed by atoms with Gasteiger partial charge in [-0.15, -0.1) is 0 Å². The fourth-order valence-electron chi connectivity index (χ4n) is 3.74. The molecule has 1 heterocycles. The molecule has 0 saturated heterocycles. The third-order valence-corrected chi connectivity index (χ3v) is 5.40. The highest BCUT2D eigenvalue weighted by Gasteiger charge is 2.16. The molecule has 0 amide bonds. The molecule has 0 aromatic heterocycles. The fourth-order valence-corrected chi connectivity index (χ4v) is 3.74. The van der Waals surface area contributed by atoms with Crippen molar-refractivity contribution in [2.24, 2.45) is 0 Å². The maximum absolute atomic E-state index is 13.1. The number of aliphatic hydroxyl groups is 1. The van der Waals surface area contributed by atoms with Gasteiger partial charge in [0, 0.05) is 38.0 Å². The first-order valence-electron chi connectivity index (χ1n) is 11.2. The second-order valence-electron chi connectivity index (χ2n) is 7.99. The SMILES string of the molecule is OCCCN1COC/C(CNCc2ccc(F)cc2)=C\c2ccc(Oc3ccccc3)cc21. The number of nitrogens with one attached hydrogen (secondary N) is 1. The first-order chi connectivity index (χ1) is 16.2. The van der Waals surface area contributed by atoms with Crippen LogP contribution in [0.1, 0.15) is 17.5 Å². The van der Waals surface area contributed by atoms with Gasteiger partial charge in [-0.1, -0.05) is 36.4 Å². The van der Waals surface area contributed by atoms with E-state index in [9.17, 15) is 9.50 Å². The Labute approximate surface area is 194 Å². The standard InChI is InChI=1S/C27H29FN2O3/c28-24-10-7-21(8-11-24)17-29-18-22-15-23-9-12-26(33-25-5-2-1-3-6-25)16-27(23)30(13-4-14-31)20-32-19-22/h1-3,5-12,15-16,29,31H,4,13-14,17-20H2/b22-15-. The summed E-state index contributed by atoms with van der Waals surface area (Å²) >= 11 is 0. The number of aliphatic hydroxyl groups excluding tert-OH is 1. The van der Waals surface area contributed by atoms with Crippen molar-refractivity contribution in [2.75, 3.05) is 37.9 Å². The molecule has 33 heavy (non-hydrogen) atoms. The molecule has 172 valence electrons. The number of rotatable bonds is 9. The number of ether oxygens (including phenoxy) is 2. The number of hydrogen-bond donors (Lipinski definition) is 2. The third-order valence-electron chi connectivity index (χ3n) is 5.40. The Morgan fingerprint density at radius 3 is 2.58 bits per heavy atom. The lowest BCUT2D eigenvalue weighted by molar-refractivity contribution is 0.152. The van der Waals surface area contributed by atoms with E-state index in [4.69, 9.17) is 9.47 Å². The first-order valence-corrected chi connectivity index (χ1v) is 11.2. The topological polar surface area (TPSA) is 54.0 Å². The molecular weight excluding hydrogens is 419 g/mol. The second kappa shape index (κ2) is 11.6. The van der Waals surface area contributed by atoms with Gasteiger partial charge in [-0.3, -0.25) is 0 Å². The van der Waals surface area contributed by atoms with Crippen LogP contribution >= 0.6 is 0 Å².